The average Bonchev–Trinajstić information content (AvgIpc) is 2.69. The number of benzene rings is 2. The molecule has 2 aromatic rings. The Labute approximate surface area is 153 Å². The van der Waals surface area contributed by atoms with Crippen LogP contribution in [-0.4, -0.2) is 11.8 Å². The maximum absolute atomic E-state index is 12.8. The van der Waals surface area contributed by atoms with E-state index in [0.29, 0.717) is 17.3 Å². The van der Waals surface area contributed by atoms with Gasteiger partial charge in [0.25, 0.3) is 0 Å². The number of carbonyl (C=O) groups excluding carboxylic acids is 1. The SMILES string of the molecule is C/C(=N/OC(=O)Nc1ccc(F)cc1)c1ccc(C2CCCCC2)cc1. The van der Waals surface area contributed by atoms with Crippen LogP contribution in [0.5, 0.6) is 0 Å². The van der Waals surface area contributed by atoms with E-state index in [1.807, 2.05) is 12.1 Å². The van der Waals surface area contributed by atoms with Crippen LogP contribution in [-0.2, 0) is 4.84 Å². The molecule has 0 atom stereocenters. The molecule has 1 amide bonds. The molecule has 26 heavy (non-hydrogen) atoms. The normalized spacial score (nSPS) is 15.5. The lowest BCUT2D eigenvalue weighted by Crippen LogP contribution is -2.12. The van der Waals surface area contributed by atoms with E-state index in [2.05, 4.69) is 22.6 Å². The van der Waals surface area contributed by atoms with E-state index in [1.165, 1.54) is 61.9 Å². The highest BCUT2D eigenvalue weighted by atomic mass is 19.1. The molecule has 0 spiro atoms. The van der Waals surface area contributed by atoms with Crippen molar-refractivity contribution in [2.75, 3.05) is 5.32 Å². The number of amides is 1. The summed E-state index contributed by atoms with van der Waals surface area (Å²) in [5.41, 5.74) is 3.35. The largest absolute Gasteiger partial charge is 0.437 e. The molecule has 0 aliphatic heterocycles. The summed E-state index contributed by atoms with van der Waals surface area (Å²) in [6.07, 6.45) is 5.78. The first-order chi connectivity index (χ1) is 12.6. The van der Waals surface area contributed by atoms with E-state index >= 15 is 0 Å². The monoisotopic (exact) mass is 354 g/mol. The van der Waals surface area contributed by atoms with Crippen LogP contribution in [0, 0.1) is 5.82 Å². The maximum atomic E-state index is 12.8. The van der Waals surface area contributed by atoms with Crippen LogP contribution in [0.15, 0.2) is 53.7 Å². The highest BCUT2D eigenvalue weighted by Gasteiger charge is 2.15. The number of oxime groups is 1. The fraction of sp³-hybridized carbons (Fsp3) is 0.333. The first kappa shape index (κ1) is 18.1. The molecule has 0 heterocycles. The zero-order chi connectivity index (χ0) is 18.4. The molecule has 0 saturated heterocycles. The van der Waals surface area contributed by atoms with Crippen molar-refractivity contribution in [3.8, 4) is 0 Å². The maximum Gasteiger partial charge on any atom is 0.437 e. The number of hydrogen-bond donors (Lipinski definition) is 1. The Morgan fingerprint density at radius 1 is 1.04 bits per heavy atom. The van der Waals surface area contributed by atoms with Gasteiger partial charge in [-0.15, -0.1) is 0 Å². The standard InChI is InChI=1S/C21H23FN2O2/c1-15(24-26-21(25)23-20-13-11-19(22)12-14-20)16-7-9-18(10-8-16)17-5-3-2-4-6-17/h7-14,17H,2-6H2,1H3,(H,23,25)/b24-15-. The smallest absolute Gasteiger partial charge is 0.298 e. The Hall–Kier alpha value is -2.69. The third-order valence-electron chi connectivity index (χ3n) is 4.76. The Morgan fingerprint density at radius 3 is 2.35 bits per heavy atom. The molecule has 4 nitrogen and oxygen atoms in total. The lowest BCUT2D eigenvalue weighted by atomic mass is 9.84. The van der Waals surface area contributed by atoms with Gasteiger partial charge in [-0.05, 0) is 61.1 Å². The number of nitrogens with one attached hydrogen (secondary N) is 1. The van der Waals surface area contributed by atoms with Crippen molar-refractivity contribution in [2.45, 2.75) is 44.9 Å². The van der Waals surface area contributed by atoms with Crippen LogP contribution < -0.4 is 5.32 Å². The van der Waals surface area contributed by atoms with Crippen molar-refractivity contribution in [3.63, 3.8) is 0 Å². The third-order valence-corrected chi connectivity index (χ3v) is 4.76. The van der Waals surface area contributed by atoms with Crippen LogP contribution >= 0.6 is 0 Å². The zero-order valence-electron chi connectivity index (χ0n) is 14.9. The summed E-state index contributed by atoms with van der Waals surface area (Å²) in [5, 5.41) is 6.37. The summed E-state index contributed by atoms with van der Waals surface area (Å²) in [5.74, 6) is 0.294. The lowest BCUT2D eigenvalue weighted by molar-refractivity contribution is 0.166. The van der Waals surface area contributed by atoms with Gasteiger partial charge in [0.05, 0.1) is 5.71 Å². The molecule has 136 valence electrons. The topological polar surface area (TPSA) is 50.7 Å². The first-order valence-electron chi connectivity index (χ1n) is 9.00. The van der Waals surface area contributed by atoms with Gasteiger partial charge in [-0.25, -0.2) is 9.18 Å². The number of carbonyl (C=O) groups is 1. The Kier molecular flexibility index (Phi) is 6.00. The molecule has 0 bridgehead atoms. The van der Waals surface area contributed by atoms with Gasteiger partial charge in [0.15, 0.2) is 0 Å². The van der Waals surface area contributed by atoms with Crippen molar-refractivity contribution in [3.05, 3.63) is 65.5 Å². The molecular formula is C21H23FN2O2. The molecule has 0 radical (unpaired) electrons. The number of halogens is 1. The van der Waals surface area contributed by atoms with Crippen molar-refractivity contribution < 1.29 is 14.0 Å². The molecule has 0 aromatic heterocycles. The quantitative estimate of drug-likeness (QED) is 0.425. The number of nitrogens with zero attached hydrogens (tertiary/aromatic N) is 1. The highest BCUT2D eigenvalue weighted by molar-refractivity contribution is 5.99. The second kappa shape index (κ2) is 8.61. The second-order valence-electron chi connectivity index (χ2n) is 6.64. The van der Waals surface area contributed by atoms with Crippen molar-refractivity contribution in [1.82, 2.24) is 0 Å². The lowest BCUT2D eigenvalue weighted by Gasteiger charge is -2.22. The van der Waals surface area contributed by atoms with Gasteiger partial charge in [0.1, 0.15) is 5.82 Å². The summed E-state index contributed by atoms with van der Waals surface area (Å²) < 4.78 is 12.8. The third kappa shape index (κ3) is 4.91. The van der Waals surface area contributed by atoms with Gasteiger partial charge >= 0.3 is 6.09 Å². The molecule has 2 aromatic carbocycles. The molecule has 3 rings (SSSR count). The van der Waals surface area contributed by atoms with E-state index < -0.39 is 6.09 Å². The van der Waals surface area contributed by atoms with Crippen molar-refractivity contribution in [1.29, 1.82) is 0 Å². The Balaban J connectivity index is 1.56. The summed E-state index contributed by atoms with van der Waals surface area (Å²) in [7, 11) is 0. The van der Waals surface area contributed by atoms with E-state index in [9.17, 15) is 9.18 Å². The second-order valence-corrected chi connectivity index (χ2v) is 6.64. The molecule has 5 heteroatoms. The minimum atomic E-state index is -0.713. The predicted molar refractivity (Wildman–Crippen MR) is 101 cm³/mol. The van der Waals surface area contributed by atoms with Gasteiger partial charge in [-0.3, -0.25) is 10.2 Å². The molecule has 1 aliphatic carbocycles. The molecule has 1 N–H and O–H groups in total. The van der Waals surface area contributed by atoms with Gasteiger partial charge in [0.2, 0.25) is 0 Å². The van der Waals surface area contributed by atoms with E-state index in [-0.39, 0.29) is 5.82 Å². The molecule has 1 fully saturated rings. The average molecular weight is 354 g/mol. The fourth-order valence-corrected chi connectivity index (χ4v) is 3.27. The number of rotatable bonds is 4. The van der Waals surface area contributed by atoms with Gasteiger partial charge in [-0.2, -0.15) is 0 Å². The van der Waals surface area contributed by atoms with E-state index in [4.69, 9.17) is 4.84 Å². The minimum Gasteiger partial charge on any atom is -0.298 e. The fourth-order valence-electron chi connectivity index (χ4n) is 3.27. The molecule has 1 aliphatic rings. The molecular weight excluding hydrogens is 331 g/mol. The summed E-state index contributed by atoms with van der Waals surface area (Å²) in [6.45, 7) is 1.79. The van der Waals surface area contributed by atoms with Crippen LogP contribution in [0.1, 0.15) is 56.1 Å². The highest BCUT2D eigenvalue weighted by Crippen LogP contribution is 2.32. The summed E-state index contributed by atoms with van der Waals surface area (Å²) in [6, 6.07) is 13.8. The van der Waals surface area contributed by atoms with Crippen LogP contribution in [0.3, 0.4) is 0 Å². The minimum absolute atomic E-state index is 0.366. The van der Waals surface area contributed by atoms with Gasteiger partial charge < -0.3 is 0 Å². The van der Waals surface area contributed by atoms with Gasteiger partial charge in [0, 0.05) is 5.69 Å². The van der Waals surface area contributed by atoms with Crippen LogP contribution in [0.2, 0.25) is 0 Å². The summed E-state index contributed by atoms with van der Waals surface area (Å²) >= 11 is 0. The summed E-state index contributed by atoms with van der Waals surface area (Å²) in [4.78, 5) is 16.6. The Bertz CT molecular complexity index is 764. The number of anilines is 1. The van der Waals surface area contributed by atoms with Crippen molar-refractivity contribution >= 4 is 17.5 Å². The van der Waals surface area contributed by atoms with E-state index in [0.717, 1.165) is 5.56 Å². The molecule has 0 unspecified atom stereocenters. The van der Waals surface area contributed by atoms with Crippen molar-refractivity contribution in [2.24, 2.45) is 5.16 Å². The van der Waals surface area contributed by atoms with Crippen LogP contribution in [0.4, 0.5) is 14.9 Å². The zero-order valence-corrected chi connectivity index (χ0v) is 14.9. The van der Waals surface area contributed by atoms with Crippen LogP contribution in [0.25, 0.3) is 0 Å². The first-order valence-corrected chi connectivity index (χ1v) is 9.00. The van der Waals surface area contributed by atoms with E-state index in [1.54, 1.807) is 6.92 Å². The van der Waals surface area contributed by atoms with Gasteiger partial charge in [-0.1, -0.05) is 48.7 Å². The predicted octanol–water partition coefficient (Wildman–Crippen LogP) is 5.85. The number of hydrogen-bond acceptors (Lipinski definition) is 3. The molecule has 1 saturated carbocycles. The Morgan fingerprint density at radius 2 is 1.69 bits per heavy atom.